The number of methoxy groups -OCH3 is 1. The van der Waals surface area contributed by atoms with Crippen molar-refractivity contribution < 1.29 is 4.74 Å². The first kappa shape index (κ1) is 21.0. The molecule has 6 heteroatoms. The highest BCUT2D eigenvalue weighted by Gasteiger charge is 2.28. The Hall–Kier alpha value is -2.83. The Balaban J connectivity index is 1.17. The van der Waals surface area contributed by atoms with Crippen LogP contribution in [0.5, 0.6) is 5.75 Å². The second-order valence-electron chi connectivity index (χ2n) is 8.83. The molecule has 0 spiro atoms. The van der Waals surface area contributed by atoms with Crippen molar-refractivity contribution in [1.29, 1.82) is 0 Å². The van der Waals surface area contributed by atoms with E-state index in [1.165, 1.54) is 30.8 Å². The van der Waals surface area contributed by atoms with Gasteiger partial charge >= 0.3 is 0 Å². The molecule has 2 aliphatic rings. The number of piperazine rings is 1. The van der Waals surface area contributed by atoms with Crippen LogP contribution in [0.3, 0.4) is 0 Å². The molecule has 0 radical (unpaired) electrons. The number of nitrogens with zero attached hydrogens (tertiary/aromatic N) is 5. The van der Waals surface area contributed by atoms with E-state index >= 15 is 0 Å². The van der Waals surface area contributed by atoms with Crippen LogP contribution in [0.2, 0.25) is 0 Å². The first-order valence-corrected chi connectivity index (χ1v) is 11.7. The zero-order chi connectivity index (χ0) is 21.8. The third kappa shape index (κ3) is 4.66. The summed E-state index contributed by atoms with van der Waals surface area (Å²) in [6.45, 7) is 7.78. The lowest BCUT2D eigenvalue weighted by molar-refractivity contribution is 0.0878. The molecule has 0 amide bonds. The first-order valence-electron chi connectivity index (χ1n) is 11.7. The van der Waals surface area contributed by atoms with Gasteiger partial charge in [-0.3, -0.25) is 14.8 Å². The van der Waals surface area contributed by atoms with Gasteiger partial charge in [0.1, 0.15) is 5.75 Å². The summed E-state index contributed by atoms with van der Waals surface area (Å²) in [6.07, 6.45) is 8.49. The summed E-state index contributed by atoms with van der Waals surface area (Å²) < 4.78 is 7.56. The molecular weight excluding hydrogens is 398 g/mol. The maximum absolute atomic E-state index is 5.30. The molecule has 0 bridgehead atoms. The molecule has 168 valence electrons. The second kappa shape index (κ2) is 9.76. The van der Waals surface area contributed by atoms with Crippen molar-refractivity contribution in [3.8, 4) is 11.4 Å². The fourth-order valence-electron chi connectivity index (χ4n) is 5.13. The molecule has 3 aromatic rings. The van der Waals surface area contributed by atoms with Crippen LogP contribution in [0.25, 0.3) is 5.69 Å². The van der Waals surface area contributed by atoms with Crippen LogP contribution in [0.4, 0.5) is 5.69 Å². The number of aromatic nitrogens is 2. The average molecular weight is 432 g/mol. The third-order valence-electron chi connectivity index (χ3n) is 6.89. The van der Waals surface area contributed by atoms with Crippen molar-refractivity contribution in [2.24, 2.45) is 0 Å². The van der Waals surface area contributed by atoms with Gasteiger partial charge in [-0.2, -0.15) is 0 Å². The molecule has 2 aliphatic heterocycles. The molecule has 4 heterocycles. The Morgan fingerprint density at radius 2 is 1.78 bits per heavy atom. The highest BCUT2D eigenvalue weighted by Crippen LogP contribution is 2.24. The van der Waals surface area contributed by atoms with Gasteiger partial charge < -0.3 is 14.2 Å². The quantitative estimate of drug-likeness (QED) is 0.595. The summed E-state index contributed by atoms with van der Waals surface area (Å²) in [5.74, 6) is 0.921. The minimum absolute atomic E-state index is 0.656. The van der Waals surface area contributed by atoms with Gasteiger partial charge in [0.15, 0.2) is 0 Å². The van der Waals surface area contributed by atoms with Gasteiger partial charge in [-0.25, -0.2) is 0 Å². The van der Waals surface area contributed by atoms with Crippen LogP contribution >= 0.6 is 0 Å². The lowest BCUT2D eigenvalue weighted by atomic mass is 10.0. The monoisotopic (exact) mass is 431 g/mol. The number of likely N-dealkylation sites (tertiary alicyclic amines) is 1. The number of benzene rings is 1. The summed E-state index contributed by atoms with van der Waals surface area (Å²) in [5.41, 5.74) is 3.77. The highest BCUT2D eigenvalue weighted by atomic mass is 16.5. The molecule has 0 aliphatic carbocycles. The fourth-order valence-corrected chi connectivity index (χ4v) is 5.13. The van der Waals surface area contributed by atoms with Crippen LogP contribution in [0.1, 0.15) is 18.5 Å². The van der Waals surface area contributed by atoms with Crippen LogP contribution < -0.4 is 9.64 Å². The highest BCUT2D eigenvalue weighted by molar-refractivity contribution is 5.49. The van der Waals surface area contributed by atoms with E-state index in [0.29, 0.717) is 6.04 Å². The molecule has 0 N–H and O–H groups in total. The molecule has 2 fully saturated rings. The number of hydrogen-bond acceptors (Lipinski definition) is 5. The first-order chi connectivity index (χ1) is 15.8. The normalized spacial score (nSPS) is 20.4. The molecule has 2 saturated heterocycles. The Morgan fingerprint density at radius 3 is 2.53 bits per heavy atom. The lowest BCUT2D eigenvalue weighted by Gasteiger charge is -2.44. The smallest absolute Gasteiger partial charge is 0.119 e. The lowest BCUT2D eigenvalue weighted by Crippen LogP contribution is -2.55. The Labute approximate surface area is 191 Å². The van der Waals surface area contributed by atoms with Gasteiger partial charge in [-0.15, -0.1) is 0 Å². The zero-order valence-corrected chi connectivity index (χ0v) is 18.9. The molecule has 1 atom stereocenters. The van der Waals surface area contributed by atoms with E-state index in [1.807, 2.05) is 18.5 Å². The van der Waals surface area contributed by atoms with E-state index in [1.54, 1.807) is 7.11 Å². The van der Waals surface area contributed by atoms with Gasteiger partial charge in [0.2, 0.25) is 0 Å². The van der Waals surface area contributed by atoms with Crippen molar-refractivity contribution in [3.05, 3.63) is 72.8 Å². The largest absolute Gasteiger partial charge is 0.497 e. The van der Waals surface area contributed by atoms with Crippen LogP contribution in [-0.4, -0.2) is 71.8 Å². The second-order valence-corrected chi connectivity index (χ2v) is 8.83. The average Bonchev–Trinajstić information content (AvgIpc) is 3.33. The van der Waals surface area contributed by atoms with Crippen molar-refractivity contribution in [1.82, 2.24) is 19.4 Å². The molecular formula is C26H33N5O. The maximum Gasteiger partial charge on any atom is 0.119 e. The van der Waals surface area contributed by atoms with E-state index in [4.69, 9.17) is 4.74 Å². The number of rotatable bonds is 6. The van der Waals surface area contributed by atoms with Crippen LogP contribution in [0, 0.1) is 0 Å². The van der Waals surface area contributed by atoms with Crippen molar-refractivity contribution in [2.45, 2.75) is 25.4 Å². The number of piperidine rings is 1. The summed E-state index contributed by atoms with van der Waals surface area (Å²) >= 11 is 0. The van der Waals surface area contributed by atoms with Gasteiger partial charge in [0.25, 0.3) is 0 Å². The van der Waals surface area contributed by atoms with E-state index in [0.717, 1.165) is 50.7 Å². The third-order valence-corrected chi connectivity index (χ3v) is 6.89. The predicted molar refractivity (Wildman–Crippen MR) is 129 cm³/mol. The summed E-state index contributed by atoms with van der Waals surface area (Å²) in [5, 5.41) is 0. The van der Waals surface area contributed by atoms with E-state index < -0.39 is 0 Å². The number of anilines is 1. The van der Waals surface area contributed by atoms with Gasteiger partial charge in [0.05, 0.1) is 19.0 Å². The molecule has 1 unspecified atom stereocenters. The number of hydrogen-bond donors (Lipinski definition) is 0. The predicted octanol–water partition coefficient (Wildman–Crippen LogP) is 3.67. The zero-order valence-electron chi connectivity index (χ0n) is 18.9. The van der Waals surface area contributed by atoms with Gasteiger partial charge in [0, 0.05) is 69.1 Å². The van der Waals surface area contributed by atoms with E-state index in [2.05, 4.69) is 72.9 Å². The van der Waals surface area contributed by atoms with E-state index in [9.17, 15) is 0 Å². The Bertz CT molecular complexity index is 979. The Kier molecular flexibility index (Phi) is 6.41. The number of pyridine rings is 1. The van der Waals surface area contributed by atoms with Gasteiger partial charge in [-0.1, -0.05) is 0 Å². The molecule has 32 heavy (non-hydrogen) atoms. The molecule has 2 aromatic heterocycles. The van der Waals surface area contributed by atoms with Crippen molar-refractivity contribution in [3.63, 3.8) is 0 Å². The summed E-state index contributed by atoms with van der Waals surface area (Å²) in [4.78, 5) is 12.1. The minimum atomic E-state index is 0.656. The van der Waals surface area contributed by atoms with Gasteiger partial charge in [-0.05, 0) is 67.9 Å². The molecule has 0 saturated carbocycles. The van der Waals surface area contributed by atoms with Crippen LogP contribution in [-0.2, 0) is 6.54 Å². The standard InChI is InChI=1S/C26H33N5O/c1-32-26-10-8-22(9-11-26)29-15-17-30(18-16-29)24-6-3-13-28(20-24)21-25-7-4-14-31(25)23-5-2-12-27-19-23/h2,4-5,7-12,14,19,24H,3,6,13,15-18,20-21H2,1H3. The molecule has 1 aromatic carbocycles. The molecule has 5 rings (SSSR count). The minimum Gasteiger partial charge on any atom is -0.497 e. The van der Waals surface area contributed by atoms with Crippen LogP contribution in [0.15, 0.2) is 67.1 Å². The SMILES string of the molecule is COc1ccc(N2CCN(C3CCCN(Cc4cccn4-c4cccnc4)C3)CC2)cc1. The van der Waals surface area contributed by atoms with E-state index in [-0.39, 0.29) is 0 Å². The molecule has 6 nitrogen and oxygen atoms in total. The fraction of sp³-hybridized carbons (Fsp3) is 0.423. The number of ether oxygens (including phenoxy) is 1. The summed E-state index contributed by atoms with van der Waals surface area (Å²) in [7, 11) is 1.72. The topological polar surface area (TPSA) is 36.8 Å². The van der Waals surface area contributed by atoms with Crippen molar-refractivity contribution >= 4 is 5.69 Å². The Morgan fingerprint density at radius 1 is 0.938 bits per heavy atom. The summed E-state index contributed by atoms with van der Waals surface area (Å²) in [6, 6.07) is 17.6. The maximum atomic E-state index is 5.30. The van der Waals surface area contributed by atoms with Crippen molar-refractivity contribution in [2.75, 3.05) is 51.3 Å².